The minimum Gasteiger partial charge on any atom is -0.317 e. The Balaban J connectivity index is 2.04. The highest BCUT2D eigenvalue weighted by Gasteiger charge is 2.17. The van der Waals surface area contributed by atoms with Crippen molar-refractivity contribution in [2.24, 2.45) is 13.0 Å². The van der Waals surface area contributed by atoms with Crippen molar-refractivity contribution in [3.8, 4) is 0 Å². The molecule has 2 heterocycles. The molecule has 0 saturated carbocycles. The fourth-order valence-electron chi connectivity index (χ4n) is 2.43. The van der Waals surface area contributed by atoms with E-state index in [-0.39, 0.29) is 0 Å². The molecule has 0 atom stereocenters. The zero-order chi connectivity index (χ0) is 10.7. The summed E-state index contributed by atoms with van der Waals surface area (Å²) in [7, 11) is 2.07. The Morgan fingerprint density at radius 2 is 2.20 bits per heavy atom. The Morgan fingerprint density at radius 1 is 1.47 bits per heavy atom. The van der Waals surface area contributed by atoms with Gasteiger partial charge >= 0.3 is 0 Å². The summed E-state index contributed by atoms with van der Waals surface area (Å²) in [6.07, 6.45) is 6.97. The van der Waals surface area contributed by atoms with E-state index in [9.17, 15) is 0 Å². The number of hydrogen-bond acceptors (Lipinski definition) is 2. The summed E-state index contributed by atoms with van der Waals surface area (Å²) in [6.45, 7) is 4.58. The summed E-state index contributed by atoms with van der Waals surface area (Å²) in [6, 6.07) is 0. The molecule has 1 fully saturated rings. The van der Waals surface area contributed by atoms with E-state index in [0.29, 0.717) is 0 Å². The first-order chi connectivity index (χ1) is 7.31. The second kappa shape index (κ2) is 4.79. The molecule has 1 aromatic rings. The highest BCUT2D eigenvalue weighted by atomic mass is 15.3. The Bertz CT molecular complexity index is 311. The van der Waals surface area contributed by atoms with E-state index in [0.717, 1.165) is 12.3 Å². The smallest absolute Gasteiger partial charge is 0.0524 e. The van der Waals surface area contributed by atoms with E-state index < -0.39 is 0 Å². The Kier molecular flexibility index (Phi) is 3.41. The number of aromatic nitrogens is 2. The molecule has 1 N–H and O–H groups in total. The fourth-order valence-corrected chi connectivity index (χ4v) is 2.43. The SMILES string of the molecule is CCc1cnn(C)c1CC1CCNCC1. The van der Waals surface area contributed by atoms with E-state index in [1.807, 2.05) is 6.20 Å². The monoisotopic (exact) mass is 207 g/mol. The Labute approximate surface area is 91.9 Å². The first kappa shape index (κ1) is 10.7. The van der Waals surface area contributed by atoms with Crippen molar-refractivity contribution in [2.45, 2.75) is 32.6 Å². The molecule has 15 heavy (non-hydrogen) atoms. The van der Waals surface area contributed by atoms with Gasteiger partial charge in [0.25, 0.3) is 0 Å². The van der Waals surface area contributed by atoms with E-state index in [4.69, 9.17) is 0 Å². The standard InChI is InChI=1S/C12H21N3/c1-3-11-9-14-15(2)12(11)8-10-4-6-13-7-5-10/h9-10,13H,3-8H2,1-2H3. The third-order valence-corrected chi connectivity index (χ3v) is 3.47. The number of rotatable bonds is 3. The third-order valence-electron chi connectivity index (χ3n) is 3.47. The molecule has 0 spiro atoms. The lowest BCUT2D eigenvalue weighted by atomic mass is 9.92. The van der Waals surface area contributed by atoms with Crippen molar-refractivity contribution in [1.29, 1.82) is 0 Å². The molecule has 0 radical (unpaired) electrons. The number of aryl methyl sites for hydroxylation is 2. The van der Waals surface area contributed by atoms with Gasteiger partial charge in [0.1, 0.15) is 0 Å². The second-order valence-corrected chi connectivity index (χ2v) is 4.49. The summed E-state index contributed by atoms with van der Waals surface area (Å²) in [5.41, 5.74) is 2.88. The molecule has 0 amide bonds. The van der Waals surface area contributed by atoms with Crippen LogP contribution in [0.15, 0.2) is 6.20 Å². The lowest BCUT2D eigenvalue weighted by Crippen LogP contribution is -2.29. The quantitative estimate of drug-likeness (QED) is 0.814. The summed E-state index contributed by atoms with van der Waals surface area (Å²) in [4.78, 5) is 0. The maximum Gasteiger partial charge on any atom is 0.0524 e. The molecule has 1 aliphatic heterocycles. The van der Waals surface area contributed by atoms with Gasteiger partial charge in [-0.05, 0) is 50.3 Å². The molecule has 3 nitrogen and oxygen atoms in total. The van der Waals surface area contributed by atoms with Crippen molar-refractivity contribution in [1.82, 2.24) is 15.1 Å². The fraction of sp³-hybridized carbons (Fsp3) is 0.750. The highest BCUT2D eigenvalue weighted by Crippen LogP contribution is 2.20. The highest BCUT2D eigenvalue weighted by molar-refractivity contribution is 5.18. The van der Waals surface area contributed by atoms with Crippen LogP contribution in [0.4, 0.5) is 0 Å². The topological polar surface area (TPSA) is 29.9 Å². The van der Waals surface area contributed by atoms with Gasteiger partial charge in [-0.2, -0.15) is 5.10 Å². The minimum absolute atomic E-state index is 0.854. The number of nitrogens with one attached hydrogen (secondary N) is 1. The molecular weight excluding hydrogens is 186 g/mol. The Morgan fingerprint density at radius 3 is 2.87 bits per heavy atom. The first-order valence-corrected chi connectivity index (χ1v) is 6.01. The molecule has 0 bridgehead atoms. The van der Waals surface area contributed by atoms with Crippen molar-refractivity contribution in [3.05, 3.63) is 17.5 Å². The van der Waals surface area contributed by atoms with Gasteiger partial charge in [-0.25, -0.2) is 0 Å². The number of nitrogens with zero attached hydrogens (tertiary/aromatic N) is 2. The lowest BCUT2D eigenvalue weighted by Gasteiger charge is -2.22. The molecule has 3 heteroatoms. The molecular formula is C12H21N3. The third kappa shape index (κ3) is 2.40. The van der Waals surface area contributed by atoms with E-state index in [1.54, 1.807) is 0 Å². The second-order valence-electron chi connectivity index (χ2n) is 4.49. The molecule has 0 unspecified atom stereocenters. The number of hydrogen-bond donors (Lipinski definition) is 1. The van der Waals surface area contributed by atoms with Crippen LogP contribution in [0.1, 0.15) is 31.0 Å². The van der Waals surface area contributed by atoms with Crippen molar-refractivity contribution < 1.29 is 0 Å². The van der Waals surface area contributed by atoms with Gasteiger partial charge in [-0.1, -0.05) is 6.92 Å². The zero-order valence-corrected chi connectivity index (χ0v) is 9.79. The van der Waals surface area contributed by atoms with Crippen molar-refractivity contribution in [2.75, 3.05) is 13.1 Å². The summed E-state index contributed by atoms with van der Waals surface area (Å²) < 4.78 is 2.06. The lowest BCUT2D eigenvalue weighted by molar-refractivity contribution is 0.365. The minimum atomic E-state index is 0.854. The Hall–Kier alpha value is -0.830. The van der Waals surface area contributed by atoms with Crippen LogP contribution in [0.5, 0.6) is 0 Å². The van der Waals surface area contributed by atoms with Crippen LogP contribution in [0.25, 0.3) is 0 Å². The average Bonchev–Trinajstić information content (AvgIpc) is 2.62. The van der Waals surface area contributed by atoms with Crippen molar-refractivity contribution >= 4 is 0 Å². The zero-order valence-electron chi connectivity index (χ0n) is 9.79. The van der Waals surface area contributed by atoms with E-state index in [1.165, 1.54) is 43.6 Å². The van der Waals surface area contributed by atoms with Gasteiger partial charge in [0.2, 0.25) is 0 Å². The predicted molar refractivity (Wildman–Crippen MR) is 61.9 cm³/mol. The molecule has 84 valence electrons. The summed E-state index contributed by atoms with van der Waals surface area (Å²) in [5.74, 6) is 0.854. The maximum absolute atomic E-state index is 4.35. The van der Waals surface area contributed by atoms with Crippen LogP contribution >= 0.6 is 0 Å². The van der Waals surface area contributed by atoms with Crippen LogP contribution in [-0.2, 0) is 19.9 Å². The van der Waals surface area contributed by atoms with Gasteiger partial charge < -0.3 is 5.32 Å². The largest absolute Gasteiger partial charge is 0.317 e. The molecule has 0 aliphatic carbocycles. The maximum atomic E-state index is 4.35. The van der Waals surface area contributed by atoms with Crippen LogP contribution in [0.2, 0.25) is 0 Å². The van der Waals surface area contributed by atoms with Gasteiger partial charge in [-0.3, -0.25) is 4.68 Å². The average molecular weight is 207 g/mol. The van der Waals surface area contributed by atoms with Crippen LogP contribution in [-0.4, -0.2) is 22.9 Å². The van der Waals surface area contributed by atoms with E-state index in [2.05, 4.69) is 29.1 Å². The summed E-state index contributed by atoms with van der Waals surface area (Å²) >= 11 is 0. The van der Waals surface area contributed by atoms with Gasteiger partial charge in [-0.15, -0.1) is 0 Å². The van der Waals surface area contributed by atoms with Gasteiger partial charge in [0.05, 0.1) is 6.20 Å². The summed E-state index contributed by atoms with van der Waals surface area (Å²) in [5, 5.41) is 7.77. The molecule has 0 aromatic carbocycles. The number of piperidine rings is 1. The molecule has 2 rings (SSSR count). The normalized spacial score (nSPS) is 18.3. The molecule has 1 saturated heterocycles. The van der Waals surface area contributed by atoms with Crippen LogP contribution in [0.3, 0.4) is 0 Å². The van der Waals surface area contributed by atoms with Crippen LogP contribution in [0, 0.1) is 5.92 Å². The van der Waals surface area contributed by atoms with Crippen molar-refractivity contribution in [3.63, 3.8) is 0 Å². The van der Waals surface area contributed by atoms with E-state index >= 15 is 0 Å². The van der Waals surface area contributed by atoms with Gasteiger partial charge in [0, 0.05) is 12.7 Å². The predicted octanol–water partition coefficient (Wildman–Crippen LogP) is 1.52. The first-order valence-electron chi connectivity index (χ1n) is 6.01. The molecule has 1 aromatic heterocycles. The van der Waals surface area contributed by atoms with Gasteiger partial charge in [0.15, 0.2) is 0 Å². The molecule has 1 aliphatic rings. The van der Waals surface area contributed by atoms with Crippen LogP contribution < -0.4 is 5.32 Å².